The van der Waals surface area contributed by atoms with Crippen LogP contribution < -0.4 is 5.73 Å². The fraction of sp³-hybridized carbons (Fsp3) is 1.00. The van der Waals surface area contributed by atoms with Gasteiger partial charge in [-0.2, -0.15) is 0 Å². The summed E-state index contributed by atoms with van der Waals surface area (Å²) in [6, 6.07) is 0. The van der Waals surface area contributed by atoms with Gasteiger partial charge in [-0.3, -0.25) is 4.90 Å². The summed E-state index contributed by atoms with van der Waals surface area (Å²) in [4.78, 5) is 2.69. The molecule has 106 valence electrons. The zero-order valence-corrected chi connectivity index (χ0v) is 12.3. The Morgan fingerprint density at radius 2 is 1.94 bits per heavy atom. The first-order valence-electron chi connectivity index (χ1n) is 7.66. The molecule has 2 saturated heterocycles. The second-order valence-electron chi connectivity index (χ2n) is 6.63. The van der Waals surface area contributed by atoms with Crippen LogP contribution in [0.2, 0.25) is 0 Å². The number of ether oxygens (including phenoxy) is 1. The van der Waals surface area contributed by atoms with Crippen LogP contribution >= 0.6 is 0 Å². The van der Waals surface area contributed by atoms with Crippen molar-refractivity contribution < 1.29 is 4.74 Å². The van der Waals surface area contributed by atoms with E-state index in [1.807, 2.05) is 0 Å². The zero-order valence-electron chi connectivity index (χ0n) is 12.3. The molecule has 2 aliphatic rings. The molecule has 0 aromatic carbocycles. The van der Waals surface area contributed by atoms with E-state index >= 15 is 0 Å². The van der Waals surface area contributed by atoms with Crippen molar-refractivity contribution in [2.75, 3.05) is 26.2 Å². The predicted molar refractivity (Wildman–Crippen MR) is 75.6 cm³/mol. The second kappa shape index (κ2) is 5.89. The molecule has 2 heterocycles. The lowest BCUT2D eigenvalue weighted by Crippen LogP contribution is -2.61. The SMILES string of the molecule is CCC1CC(CN)(N2CC(C)CC(C)C2)CCO1. The topological polar surface area (TPSA) is 38.5 Å². The largest absolute Gasteiger partial charge is 0.378 e. The minimum absolute atomic E-state index is 0.210. The molecule has 0 spiro atoms. The summed E-state index contributed by atoms with van der Waals surface area (Å²) < 4.78 is 5.85. The van der Waals surface area contributed by atoms with E-state index in [0.717, 1.165) is 44.2 Å². The Labute approximate surface area is 112 Å². The van der Waals surface area contributed by atoms with Gasteiger partial charge in [0.1, 0.15) is 0 Å². The molecule has 0 aromatic rings. The number of hydrogen-bond acceptors (Lipinski definition) is 3. The van der Waals surface area contributed by atoms with Crippen LogP contribution in [0.25, 0.3) is 0 Å². The Bertz CT molecular complexity index is 261. The van der Waals surface area contributed by atoms with Crippen LogP contribution in [0.3, 0.4) is 0 Å². The van der Waals surface area contributed by atoms with Gasteiger partial charge in [0.25, 0.3) is 0 Å². The Morgan fingerprint density at radius 1 is 1.28 bits per heavy atom. The Hall–Kier alpha value is -0.120. The van der Waals surface area contributed by atoms with E-state index in [1.54, 1.807) is 0 Å². The molecule has 0 aliphatic carbocycles. The average Bonchev–Trinajstić information content (AvgIpc) is 2.37. The van der Waals surface area contributed by atoms with Gasteiger partial charge >= 0.3 is 0 Å². The molecule has 4 atom stereocenters. The maximum absolute atomic E-state index is 6.18. The smallest absolute Gasteiger partial charge is 0.0590 e. The summed E-state index contributed by atoms with van der Waals surface area (Å²) in [5.74, 6) is 1.61. The summed E-state index contributed by atoms with van der Waals surface area (Å²) in [6.45, 7) is 11.1. The predicted octanol–water partition coefficient (Wildman–Crippen LogP) is 2.25. The molecule has 2 N–H and O–H groups in total. The van der Waals surface area contributed by atoms with E-state index in [-0.39, 0.29) is 5.54 Å². The van der Waals surface area contributed by atoms with Gasteiger partial charge in [-0.05, 0) is 37.5 Å². The van der Waals surface area contributed by atoms with Gasteiger partial charge in [-0.15, -0.1) is 0 Å². The van der Waals surface area contributed by atoms with Crippen molar-refractivity contribution in [1.82, 2.24) is 4.90 Å². The highest BCUT2D eigenvalue weighted by Gasteiger charge is 2.42. The first-order chi connectivity index (χ1) is 8.59. The van der Waals surface area contributed by atoms with Gasteiger partial charge in [0.05, 0.1) is 6.10 Å². The minimum Gasteiger partial charge on any atom is -0.378 e. The number of hydrogen-bond donors (Lipinski definition) is 1. The van der Waals surface area contributed by atoms with Gasteiger partial charge in [0, 0.05) is 31.8 Å². The third kappa shape index (κ3) is 2.89. The molecule has 0 aromatic heterocycles. The molecule has 18 heavy (non-hydrogen) atoms. The number of nitrogens with zero attached hydrogens (tertiary/aromatic N) is 1. The quantitative estimate of drug-likeness (QED) is 0.839. The van der Waals surface area contributed by atoms with Crippen LogP contribution in [-0.4, -0.2) is 42.8 Å². The maximum atomic E-state index is 6.18. The number of rotatable bonds is 3. The molecule has 2 fully saturated rings. The van der Waals surface area contributed by atoms with Gasteiger partial charge < -0.3 is 10.5 Å². The molecule has 3 heteroatoms. The molecule has 0 bridgehead atoms. The normalized spacial score (nSPS) is 43.0. The number of nitrogens with two attached hydrogens (primary N) is 1. The van der Waals surface area contributed by atoms with E-state index in [0.29, 0.717) is 6.10 Å². The second-order valence-corrected chi connectivity index (χ2v) is 6.63. The first-order valence-corrected chi connectivity index (χ1v) is 7.66. The highest BCUT2D eigenvalue weighted by atomic mass is 16.5. The van der Waals surface area contributed by atoms with Crippen molar-refractivity contribution in [1.29, 1.82) is 0 Å². The van der Waals surface area contributed by atoms with Crippen LogP contribution in [-0.2, 0) is 4.74 Å². The summed E-state index contributed by atoms with van der Waals surface area (Å²) in [5, 5.41) is 0. The Morgan fingerprint density at radius 3 is 2.50 bits per heavy atom. The highest BCUT2D eigenvalue weighted by molar-refractivity contribution is 4.98. The fourth-order valence-corrected chi connectivity index (χ4v) is 3.91. The van der Waals surface area contributed by atoms with Gasteiger partial charge in [0.2, 0.25) is 0 Å². The lowest BCUT2D eigenvalue weighted by molar-refractivity contribution is -0.0869. The van der Waals surface area contributed by atoms with E-state index in [9.17, 15) is 0 Å². The molecule has 0 radical (unpaired) electrons. The van der Waals surface area contributed by atoms with Crippen LogP contribution in [0.15, 0.2) is 0 Å². The lowest BCUT2D eigenvalue weighted by Gasteiger charge is -2.51. The number of piperidine rings is 1. The average molecular weight is 254 g/mol. The monoisotopic (exact) mass is 254 g/mol. The molecular weight excluding hydrogens is 224 g/mol. The van der Waals surface area contributed by atoms with Crippen molar-refractivity contribution in [2.45, 2.75) is 58.1 Å². The molecule has 2 rings (SSSR count). The summed E-state index contributed by atoms with van der Waals surface area (Å²) in [6.07, 6.45) is 5.12. The maximum Gasteiger partial charge on any atom is 0.0590 e. The first kappa shape index (κ1) is 14.3. The van der Waals surface area contributed by atoms with E-state index < -0.39 is 0 Å². The number of likely N-dealkylation sites (tertiary alicyclic amines) is 1. The summed E-state index contributed by atoms with van der Waals surface area (Å²) >= 11 is 0. The van der Waals surface area contributed by atoms with Crippen LogP contribution in [0.1, 0.15) is 46.5 Å². The molecule has 3 nitrogen and oxygen atoms in total. The standard InChI is InChI=1S/C15H30N2O/c1-4-14-8-15(11-16,5-6-18-14)17-9-12(2)7-13(3)10-17/h12-14H,4-11,16H2,1-3H3. The molecule has 2 aliphatic heterocycles. The summed E-state index contributed by atoms with van der Waals surface area (Å²) in [7, 11) is 0. The van der Waals surface area contributed by atoms with Crippen molar-refractivity contribution >= 4 is 0 Å². The van der Waals surface area contributed by atoms with E-state index in [4.69, 9.17) is 10.5 Å². The van der Waals surface area contributed by atoms with Crippen LogP contribution in [0, 0.1) is 11.8 Å². The molecular formula is C15H30N2O. The van der Waals surface area contributed by atoms with Crippen molar-refractivity contribution in [3.05, 3.63) is 0 Å². The molecule has 0 saturated carbocycles. The minimum atomic E-state index is 0.210. The third-order valence-electron chi connectivity index (χ3n) is 4.90. The fourth-order valence-electron chi connectivity index (χ4n) is 3.91. The van der Waals surface area contributed by atoms with Crippen molar-refractivity contribution in [3.8, 4) is 0 Å². The van der Waals surface area contributed by atoms with E-state index in [1.165, 1.54) is 19.5 Å². The summed E-state index contributed by atoms with van der Waals surface area (Å²) in [5.41, 5.74) is 6.39. The Kier molecular flexibility index (Phi) is 4.68. The highest BCUT2D eigenvalue weighted by Crippen LogP contribution is 2.35. The van der Waals surface area contributed by atoms with E-state index in [2.05, 4.69) is 25.7 Å². The van der Waals surface area contributed by atoms with Gasteiger partial charge in [-0.25, -0.2) is 0 Å². The zero-order chi connectivity index (χ0) is 13.2. The van der Waals surface area contributed by atoms with Crippen LogP contribution in [0.4, 0.5) is 0 Å². The third-order valence-corrected chi connectivity index (χ3v) is 4.90. The van der Waals surface area contributed by atoms with Crippen LogP contribution in [0.5, 0.6) is 0 Å². The van der Waals surface area contributed by atoms with Gasteiger partial charge in [0.15, 0.2) is 0 Å². The van der Waals surface area contributed by atoms with Gasteiger partial charge in [-0.1, -0.05) is 20.8 Å². The molecule has 4 unspecified atom stereocenters. The van der Waals surface area contributed by atoms with Crippen molar-refractivity contribution in [2.24, 2.45) is 17.6 Å². The Balaban J connectivity index is 2.10. The van der Waals surface area contributed by atoms with Crippen molar-refractivity contribution in [3.63, 3.8) is 0 Å². The molecule has 0 amide bonds. The lowest BCUT2D eigenvalue weighted by atomic mass is 9.80.